The maximum atomic E-state index is 6.04. The van der Waals surface area contributed by atoms with E-state index in [0.29, 0.717) is 11.0 Å². The lowest BCUT2D eigenvalue weighted by molar-refractivity contribution is 0.907. The van der Waals surface area contributed by atoms with E-state index >= 15 is 0 Å². The van der Waals surface area contributed by atoms with E-state index in [0.717, 1.165) is 16.6 Å². The fourth-order valence-electron chi connectivity index (χ4n) is 1.74. The summed E-state index contributed by atoms with van der Waals surface area (Å²) in [6.07, 6.45) is 1.64. The zero-order chi connectivity index (χ0) is 11.8. The molecular formula is C12H9ClN4. The van der Waals surface area contributed by atoms with Gasteiger partial charge < -0.3 is 5.73 Å². The average Bonchev–Trinajstić information content (AvgIpc) is 2.67. The maximum Gasteiger partial charge on any atom is 0.136 e. The van der Waals surface area contributed by atoms with Crippen molar-refractivity contribution in [1.82, 2.24) is 14.8 Å². The number of fused-ring (bicyclic) bond motifs is 1. The molecular weight excluding hydrogens is 236 g/mol. The zero-order valence-corrected chi connectivity index (χ0v) is 9.59. The highest BCUT2D eigenvalue weighted by molar-refractivity contribution is 6.30. The summed E-state index contributed by atoms with van der Waals surface area (Å²) in [6, 6.07) is 11.4. The van der Waals surface area contributed by atoms with Crippen molar-refractivity contribution in [3.8, 4) is 5.69 Å². The smallest absolute Gasteiger partial charge is 0.136 e. The minimum atomic E-state index is 0.412. The number of hydrogen-bond donors (Lipinski definition) is 1. The highest BCUT2D eigenvalue weighted by atomic mass is 35.5. The average molecular weight is 245 g/mol. The molecule has 0 spiro atoms. The Balaban J connectivity index is 2.28. The van der Waals surface area contributed by atoms with Gasteiger partial charge in [-0.3, -0.25) is 0 Å². The van der Waals surface area contributed by atoms with Crippen molar-refractivity contribution in [3.05, 3.63) is 47.7 Å². The highest BCUT2D eigenvalue weighted by Crippen LogP contribution is 2.24. The molecule has 5 heteroatoms. The fourth-order valence-corrected chi connectivity index (χ4v) is 1.89. The van der Waals surface area contributed by atoms with Gasteiger partial charge in [-0.1, -0.05) is 29.8 Å². The quantitative estimate of drug-likeness (QED) is 0.670. The van der Waals surface area contributed by atoms with Gasteiger partial charge in [-0.25, -0.2) is 9.67 Å². The molecule has 0 radical (unpaired) electrons. The molecule has 3 rings (SSSR count). The van der Waals surface area contributed by atoms with Gasteiger partial charge in [0.05, 0.1) is 16.6 Å². The molecule has 2 N–H and O–H groups in total. The molecule has 3 aromatic rings. The number of halogens is 1. The Labute approximate surface area is 103 Å². The number of rotatable bonds is 1. The minimum Gasteiger partial charge on any atom is -0.383 e. The van der Waals surface area contributed by atoms with Gasteiger partial charge >= 0.3 is 0 Å². The van der Waals surface area contributed by atoms with Gasteiger partial charge in [-0.2, -0.15) is 5.10 Å². The summed E-state index contributed by atoms with van der Waals surface area (Å²) in [7, 11) is 0. The first kappa shape index (κ1) is 10.1. The van der Waals surface area contributed by atoms with Crippen LogP contribution in [-0.2, 0) is 0 Å². The molecule has 2 aromatic heterocycles. The number of nitrogens with two attached hydrogens (primary N) is 1. The monoisotopic (exact) mass is 244 g/mol. The van der Waals surface area contributed by atoms with Gasteiger partial charge in [0.1, 0.15) is 11.0 Å². The van der Waals surface area contributed by atoms with Crippen molar-refractivity contribution >= 4 is 28.3 Å². The van der Waals surface area contributed by atoms with Gasteiger partial charge in [-0.05, 0) is 12.1 Å². The first-order valence-electron chi connectivity index (χ1n) is 5.11. The number of hydrogen-bond acceptors (Lipinski definition) is 3. The molecule has 0 amide bonds. The summed E-state index contributed by atoms with van der Waals surface area (Å²) in [5, 5.41) is 5.63. The van der Waals surface area contributed by atoms with Crippen LogP contribution in [-0.4, -0.2) is 14.8 Å². The Bertz CT molecular complexity index is 676. The van der Waals surface area contributed by atoms with Crippen LogP contribution in [0.3, 0.4) is 0 Å². The van der Waals surface area contributed by atoms with E-state index in [-0.39, 0.29) is 0 Å². The number of aromatic nitrogens is 3. The predicted octanol–water partition coefficient (Wildman–Crippen LogP) is 2.66. The molecule has 0 aliphatic carbocycles. The molecule has 0 aliphatic heterocycles. The molecule has 0 saturated heterocycles. The van der Waals surface area contributed by atoms with Gasteiger partial charge in [0.15, 0.2) is 0 Å². The van der Waals surface area contributed by atoms with Crippen LogP contribution in [0.1, 0.15) is 0 Å². The molecule has 0 saturated carbocycles. The number of para-hydroxylation sites is 1. The Morgan fingerprint density at radius 2 is 1.94 bits per heavy atom. The summed E-state index contributed by atoms with van der Waals surface area (Å²) < 4.78 is 1.68. The lowest BCUT2D eigenvalue weighted by Gasteiger charge is -2.02. The first-order valence-corrected chi connectivity index (χ1v) is 5.48. The summed E-state index contributed by atoms with van der Waals surface area (Å²) in [4.78, 5) is 4.01. The third kappa shape index (κ3) is 1.62. The van der Waals surface area contributed by atoms with Gasteiger partial charge in [0, 0.05) is 12.3 Å². The third-order valence-electron chi connectivity index (χ3n) is 2.56. The third-order valence-corrected chi connectivity index (χ3v) is 2.77. The number of nitrogen functional groups attached to an aromatic ring is 1. The number of pyridine rings is 1. The van der Waals surface area contributed by atoms with Crippen LogP contribution in [0.25, 0.3) is 16.6 Å². The second-order valence-corrected chi connectivity index (χ2v) is 4.04. The first-order chi connectivity index (χ1) is 8.25. The van der Waals surface area contributed by atoms with Crippen molar-refractivity contribution in [2.24, 2.45) is 0 Å². The van der Waals surface area contributed by atoms with Crippen molar-refractivity contribution in [3.63, 3.8) is 0 Å². The summed E-state index contributed by atoms with van der Waals surface area (Å²) in [5.41, 5.74) is 7.69. The molecule has 0 bridgehead atoms. The molecule has 17 heavy (non-hydrogen) atoms. The van der Waals surface area contributed by atoms with Crippen LogP contribution >= 0.6 is 11.6 Å². The molecule has 4 nitrogen and oxygen atoms in total. The van der Waals surface area contributed by atoms with Crippen LogP contribution in [0.15, 0.2) is 42.6 Å². The second-order valence-electron chi connectivity index (χ2n) is 3.66. The number of benzene rings is 1. The van der Waals surface area contributed by atoms with Crippen molar-refractivity contribution < 1.29 is 0 Å². The molecule has 0 fully saturated rings. The van der Waals surface area contributed by atoms with E-state index in [1.807, 2.05) is 30.3 Å². The Hall–Kier alpha value is -2.07. The van der Waals surface area contributed by atoms with E-state index in [4.69, 9.17) is 17.3 Å². The zero-order valence-electron chi connectivity index (χ0n) is 8.84. The van der Waals surface area contributed by atoms with Crippen LogP contribution in [0, 0.1) is 0 Å². The predicted molar refractivity (Wildman–Crippen MR) is 68.3 cm³/mol. The van der Waals surface area contributed by atoms with Gasteiger partial charge in [-0.15, -0.1) is 0 Å². The van der Waals surface area contributed by atoms with Crippen molar-refractivity contribution in [2.45, 2.75) is 0 Å². The molecule has 0 atom stereocenters. The van der Waals surface area contributed by atoms with Crippen molar-refractivity contribution in [1.29, 1.82) is 0 Å². The van der Waals surface area contributed by atoms with Crippen LogP contribution in [0.4, 0.5) is 5.82 Å². The Morgan fingerprint density at radius 3 is 2.71 bits per heavy atom. The standard InChI is InChI=1S/C12H9ClN4/c13-11-6-10-9(7-15-11)12(14)17(16-10)8-4-2-1-3-5-8/h1-7H,14H2. The Morgan fingerprint density at radius 1 is 1.18 bits per heavy atom. The lowest BCUT2D eigenvalue weighted by atomic mass is 10.3. The number of anilines is 1. The van der Waals surface area contributed by atoms with Crippen LogP contribution < -0.4 is 5.73 Å². The van der Waals surface area contributed by atoms with Crippen LogP contribution in [0.5, 0.6) is 0 Å². The topological polar surface area (TPSA) is 56.7 Å². The Kier molecular flexibility index (Phi) is 2.23. The van der Waals surface area contributed by atoms with Crippen LogP contribution in [0.2, 0.25) is 5.15 Å². The second kappa shape index (κ2) is 3.75. The molecule has 1 aromatic carbocycles. The van der Waals surface area contributed by atoms with Gasteiger partial charge in [0.2, 0.25) is 0 Å². The van der Waals surface area contributed by atoms with Gasteiger partial charge in [0.25, 0.3) is 0 Å². The summed E-state index contributed by atoms with van der Waals surface area (Å²) in [6.45, 7) is 0. The van der Waals surface area contributed by atoms with E-state index in [1.165, 1.54) is 0 Å². The van der Waals surface area contributed by atoms with E-state index in [9.17, 15) is 0 Å². The highest BCUT2D eigenvalue weighted by Gasteiger charge is 2.10. The normalized spacial score (nSPS) is 10.9. The SMILES string of the molecule is Nc1c2cnc(Cl)cc2nn1-c1ccccc1. The van der Waals surface area contributed by atoms with E-state index < -0.39 is 0 Å². The largest absolute Gasteiger partial charge is 0.383 e. The molecule has 2 heterocycles. The molecule has 0 unspecified atom stereocenters. The molecule has 84 valence electrons. The minimum absolute atomic E-state index is 0.412. The fraction of sp³-hybridized carbons (Fsp3) is 0. The van der Waals surface area contributed by atoms with E-state index in [1.54, 1.807) is 16.9 Å². The summed E-state index contributed by atoms with van der Waals surface area (Å²) >= 11 is 5.83. The lowest BCUT2D eigenvalue weighted by Crippen LogP contribution is -2.00. The number of nitrogens with zero attached hydrogens (tertiary/aromatic N) is 3. The van der Waals surface area contributed by atoms with E-state index in [2.05, 4.69) is 10.1 Å². The molecule has 0 aliphatic rings. The summed E-state index contributed by atoms with van der Waals surface area (Å²) in [5.74, 6) is 0.565. The maximum absolute atomic E-state index is 6.04. The van der Waals surface area contributed by atoms with Crippen molar-refractivity contribution in [2.75, 3.05) is 5.73 Å².